The van der Waals surface area contributed by atoms with Gasteiger partial charge in [0.25, 0.3) is 0 Å². The highest BCUT2D eigenvalue weighted by atomic mass is 31.1. The summed E-state index contributed by atoms with van der Waals surface area (Å²) in [7, 11) is 2.57. The summed E-state index contributed by atoms with van der Waals surface area (Å²) in [6.45, 7) is 1.28. The van der Waals surface area contributed by atoms with Gasteiger partial charge in [0.2, 0.25) is 0 Å². The number of aliphatic imine (C=N–C) groups is 1. The first-order valence-electron chi connectivity index (χ1n) is 8.10. The molecule has 1 aliphatic heterocycles. The van der Waals surface area contributed by atoms with Crippen LogP contribution in [0.1, 0.15) is 51.4 Å². The number of quaternary nitrogens is 1. The molecule has 1 atom stereocenters. The zero-order chi connectivity index (χ0) is 13.1. The van der Waals surface area contributed by atoms with Crippen molar-refractivity contribution in [2.24, 2.45) is 4.99 Å². The molecule has 0 aromatic carbocycles. The summed E-state index contributed by atoms with van der Waals surface area (Å²) >= 11 is 0. The monoisotopic (exact) mass is 279 g/mol. The Hall–Kier alpha value is -0.200. The Morgan fingerprint density at radius 2 is 1.63 bits per heavy atom. The molecule has 2 saturated carbocycles. The molecular formula is C16H28N2P+. The molecule has 0 aromatic heterocycles. The zero-order valence-corrected chi connectivity index (χ0v) is 13.2. The maximum absolute atomic E-state index is 4.28. The summed E-state index contributed by atoms with van der Waals surface area (Å²) < 4.78 is 0.943. The van der Waals surface area contributed by atoms with Crippen LogP contribution in [0.2, 0.25) is 0 Å². The van der Waals surface area contributed by atoms with Crippen molar-refractivity contribution in [2.75, 3.05) is 19.8 Å². The number of rotatable bonds is 5. The lowest BCUT2D eigenvalue weighted by atomic mass is 10.4. The van der Waals surface area contributed by atoms with Crippen LogP contribution >= 0.6 is 7.92 Å². The first-order chi connectivity index (χ1) is 9.27. The van der Waals surface area contributed by atoms with E-state index in [9.17, 15) is 0 Å². The van der Waals surface area contributed by atoms with Crippen LogP contribution in [0.25, 0.3) is 0 Å². The summed E-state index contributed by atoms with van der Waals surface area (Å²) in [5.74, 6) is 0. The molecule has 0 saturated heterocycles. The Kier molecular flexibility index (Phi) is 4.39. The molecule has 19 heavy (non-hydrogen) atoms. The first kappa shape index (κ1) is 13.8. The Morgan fingerprint density at radius 1 is 1.05 bits per heavy atom. The maximum Gasteiger partial charge on any atom is 0.194 e. The van der Waals surface area contributed by atoms with Gasteiger partial charge in [0.05, 0.1) is 19.8 Å². The molecule has 2 aliphatic carbocycles. The highest BCUT2D eigenvalue weighted by Gasteiger charge is 2.34. The van der Waals surface area contributed by atoms with Crippen molar-refractivity contribution in [3.8, 4) is 0 Å². The summed E-state index contributed by atoms with van der Waals surface area (Å²) in [5, 5.41) is 0. The van der Waals surface area contributed by atoms with Gasteiger partial charge in [0.15, 0.2) is 6.34 Å². The molecule has 3 rings (SSSR count). The van der Waals surface area contributed by atoms with E-state index < -0.39 is 0 Å². The van der Waals surface area contributed by atoms with Crippen LogP contribution in [0.5, 0.6) is 0 Å². The van der Waals surface area contributed by atoms with Crippen LogP contribution in [0.15, 0.2) is 17.4 Å². The fourth-order valence-electron chi connectivity index (χ4n) is 4.02. The van der Waals surface area contributed by atoms with Crippen LogP contribution < -0.4 is 0 Å². The third-order valence-corrected chi connectivity index (χ3v) is 8.88. The summed E-state index contributed by atoms with van der Waals surface area (Å²) in [6, 6.07) is 0. The average molecular weight is 279 g/mol. The van der Waals surface area contributed by atoms with Gasteiger partial charge in [-0.2, -0.15) is 0 Å². The van der Waals surface area contributed by atoms with Crippen molar-refractivity contribution in [1.82, 2.24) is 0 Å². The van der Waals surface area contributed by atoms with E-state index in [-0.39, 0.29) is 7.92 Å². The molecule has 0 radical (unpaired) electrons. The van der Waals surface area contributed by atoms with Gasteiger partial charge in [-0.3, -0.25) is 4.48 Å². The van der Waals surface area contributed by atoms with Gasteiger partial charge in [-0.1, -0.05) is 33.6 Å². The fraction of sp³-hybridized carbons (Fsp3) is 0.812. The molecule has 1 heterocycles. The largest absolute Gasteiger partial charge is 0.256 e. The van der Waals surface area contributed by atoms with E-state index in [0.29, 0.717) is 0 Å². The van der Waals surface area contributed by atoms with Crippen molar-refractivity contribution >= 4 is 14.3 Å². The highest BCUT2D eigenvalue weighted by Crippen LogP contribution is 2.56. The van der Waals surface area contributed by atoms with Crippen molar-refractivity contribution in [1.29, 1.82) is 0 Å². The Labute approximate surface area is 119 Å². The van der Waals surface area contributed by atoms with E-state index in [0.717, 1.165) is 15.8 Å². The summed E-state index contributed by atoms with van der Waals surface area (Å²) in [4.78, 5) is 4.28. The van der Waals surface area contributed by atoms with Crippen molar-refractivity contribution in [3.05, 3.63) is 12.4 Å². The Bertz CT molecular complexity index is 324. The molecule has 1 unspecified atom stereocenters. The average Bonchev–Trinajstić information content (AvgIpc) is 3.11. The smallest absolute Gasteiger partial charge is 0.194 e. The molecule has 0 aromatic rings. The van der Waals surface area contributed by atoms with Gasteiger partial charge in [-0.25, -0.2) is 4.99 Å². The molecule has 0 bridgehead atoms. The number of nitrogens with zero attached hydrogens (tertiary/aromatic N) is 2. The molecule has 0 amide bonds. The van der Waals surface area contributed by atoms with Crippen LogP contribution in [-0.4, -0.2) is 41.9 Å². The van der Waals surface area contributed by atoms with E-state index in [4.69, 9.17) is 0 Å². The fourth-order valence-corrected chi connectivity index (χ4v) is 8.06. The van der Waals surface area contributed by atoms with Gasteiger partial charge in [-0.05, 0) is 37.0 Å². The van der Waals surface area contributed by atoms with Crippen molar-refractivity contribution < 1.29 is 4.48 Å². The van der Waals surface area contributed by atoms with Crippen molar-refractivity contribution in [3.63, 3.8) is 0 Å². The van der Waals surface area contributed by atoms with E-state index >= 15 is 0 Å². The maximum atomic E-state index is 4.28. The normalized spacial score (nSPS) is 32.1. The van der Waals surface area contributed by atoms with Crippen LogP contribution in [0.4, 0.5) is 0 Å². The topological polar surface area (TPSA) is 12.4 Å². The molecule has 3 aliphatic rings. The SMILES string of the molecule is C[N+]1(CCP(C2CCCC2)C2CCCC2)C=CN=C1. The second-order valence-corrected chi connectivity index (χ2v) is 9.68. The summed E-state index contributed by atoms with van der Waals surface area (Å²) in [6.07, 6.45) is 20.0. The minimum absolute atomic E-state index is 0.278. The van der Waals surface area contributed by atoms with Gasteiger partial charge >= 0.3 is 0 Å². The van der Waals surface area contributed by atoms with Gasteiger partial charge in [0.1, 0.15) is 6.20 Å². The lowest BCUT2D eigenvalue weighted by Crippen LogP contribution is -2.38. The van der Waals surface area contributed by atoms with E-state index in [1.54, 1.807) is 0 Å². The van der Waals surface area contributed by atoms with Crippen LogP contribution in [0, 0.1) is 0 Å². The standard InChI is InChI=1S/C16H28N2P/c1-18(11-10-17-14-18)12-13-19(15-6-2-3-7-15)16-8-4-5-9-16/h10-11,14-16H,2-9,12-13H2,1H3/q+1. The predicted octanol–water partition coefficient (Wildman–Crippen LogP) is 4.31. The minimum Gasteiger partial charge on any atom is -0.256 e. The second-order valence-electron chi connectivity index (χ2n) is 6.75. The van der Waals surface area contributed by atoms with Gasteiger partial charge < -0.3 is 0 Å². The third kappa shape index (κ3) is 3.28. The highest BCUT2D eigenvalue weighted by molar-refractivity contribution is 7.59. The molecule has 0 spiro atoms. The van der Waals surface area contributed by atoms with Gasteiger partial charge in [-0.15, -0.1) is 0 Å². The van der Waals surface area contributed by atoms with E-state index in [2.05, 4.69) is 24.6 Å². The van der Waals surface area contributed by atoms with Crippen molar-refractivity contribution in [2.45, 2.75) is 62.7 Å². The predicted molar refractivity (Wildman–Crippen MR) is 85.0 cm³/mol. The Morgan fingerprint density at radius 3 is 2.11 bits per heavy atom. The molecule has 0 N–H and O–H groups in total. The number of hydrogen-bond acceptors (Lipinski definition) is 1. The van der Waals surface area contributed by atoms with E-state index in [1.807, 2.05) is 6.20 Å². The number of hydrogen-bond donors (Lipinski definition) is 0. The molecular weight excluding hydrogens is 251 g/mol. The minimum atomic E-state index is 0.278. The first-order valence-corrected chi connectivity index (χ1v) is 9.76. The second kappa shape index (κ2) is 6.06. The van der Waals surface area contributed by atoms with Crippen LogP contribution in [-0.2, 0) is 0 Å². The van der Waals surface area contributed by atoms with E-state index in [1.165, 1.54) is 64.1 Å². The molecule has 3 heteroatoms. The quantitative estimate of drug-likeness (QED) is 0.525. The lowest BCUT2D eigenvalue weighted by Gasteiger charge is -2.32. The molecule has 2 nitrogen and oxygen atoms in total. The molecule has 2 fully saturated rings. The molecule has 106 valence electrons. The Balaban J connectivity index is 1.61. The summed E-state index contributed by atoms with van der Waals surface area (Å²) in [5.41, 5.74) is 2.21. The lowest BCUT2D eigenvalue weighted by molar-refractivity contribution is -0.753. The zero-order valence-electron chi connectivity index (χ0n) is 12.3. The third-order valence-electron chi connectivity index (χ3n) is 5.25. The van der Waals surface area contributed by atoms with Gasteiger partial charge in [0, 0.05) is 6.16 Å². The van der Waals surface area contributed by atoms with Crippen LogP contribution in [0.3, 0.4) is 0 Å².